The van der Waals surface area contributed by atoms with Crippen molar-refractivity contribution in [2.24, 2.45) is 5.73 Å². The van der Waals surface area contributed by atoms with Gasteiger partial charge in [-0.05, 0) is 31.5 Å². The molecular formula is C14H16ClN3OS. The summed E-state index contributed by atoms with van der Waals surface area (Å²) in [7, 11) is 0. The van der Waals surface area contributed by atoms with Crippen LogP contribution in [0.15, 0.2) is 29.8 Å². The fourth-order valence-corrected chi connectivity index (χ4v) is 2.75. The summed E-state index contributed by atoms with van der Waals surface area (Å²) in [4.78, 5) is 15.4. The third kappa shape index (κ3) is 3.36. The first-order valence-electron chi connectivity index (χ1n) is 6.13. The normalized spacial score (nSPS) is 11.6. The molecule has 0 spiro atoms. The minimum absolute atomic E-state index is 0.236. The molecule has 1 heterocycles. The number of nitrogens with two attached hydrogens (primary N) is 1. The number of aromatic nitrogens is 1. The van der Waals surface area contributed by atoms with Gasteiger partial charge in [0.15, 0.2) is 0 Å². The summed E-state index contributed by atoms with van der Waals surface area (Å²) >= 11 is 7.77. The number of benzene rings is 1. The van der Waals surface area contributed by atoms with E-state index in [1.165, 1.54) is 0 Å². The van der Waals surface area contributed by atoms with Gasteiger partial charge in [-0.25, -0.2) is 4.98 Å². The lowest BCUT2D eigenvalue weighted by atomic mass is 10.1. The van der Waals surface area contributed by atoms with Crippen molar-refractivity contribution in [2.45, 2.75) is 25.9 Å². The maximum atomic E-state index is 11.1. The summed E-state index contributed by atoms with van der Waals surface area (Å²) in [6, 6.07) is 5.09. The average Bonchev–Trinajstić information content (AvgIpc) is 2.91. The van der Waals surface area contributed by atoms with E-state index in [-0.39, 0.29) is 5.54 Å². The van der Waals surface area contributed by atoms with Crippen LogP contribution in [0.4, 0.5) is 0 Å². The number of carbonyl (C=O) groups is 1. The third-order valence-electron chi connectivity index (χ3n) is 3.03. The van der Waals surface area contributed by atoms with Crippen molar-refractivity contribution in [3.63, 3.8) is 0 Å². The highest BCUT2D eigenvalue weighted by molar-refractivity contribution is 7.09. The standard InChI is InChI=1S/C14H16ClN3OS/c1-14(2,13-17-5-6-20-13)18-8-10-4-3-9(12(16)19)7-11(10)15/h3-7,18H,8H2,1-2H3,(H2,16,19). The van der Waals surface area contributed by atoms with Gasteiger partial charge < -0.3 is 11.1 Å². The number of nitrogens with zero attached hydrogens (tertiary/aromatic N) is 1. The highest BCUT2D eigenvalue weighted by Crippen LogP contribution is 2.24. The van der Waals surface area contributed by atoms with E-state index in [1.54, 1.807) is 29.7 Å². The summed E-state index contributed by atoms with van der Waals surface area (Å²) in [5.74, 6) is -0.477. The summed E-state index contributed by atoms with van der Waals surface area (Å²) in [6.45, 7) is 4.72. The number of amides is 1. The van der Waals surface area contributed by atoms with E-state index in [0.717, 1.165) is 10.6 Å². The molecule has 6 heteroatoms. The molecule has 20 heavy (non-hydrogen) atoms. The first-order chi connectivity index (χ1) is 9.40. The summed E-state index contributed by atoms with van der Waals surface area (Å²) in [6.07, 6.45) is 1.79. The number of hydrogen-bond acceptors (Lipinski definition) is 4. The molecule has 0 saturated heterocycles. The van der Waals surface area contributed by atoms with Gasteiger partial charge in [0.1, 0.15) is 5.01 Å². The van der Waals surface area contributed by atoms with Crippen molar-refractivity contribution in [3.05, 3.63) is 50.9 Å². The predicted octanol–water partition coefficient (Wildman–Crippen LogP) is 2.92. The van der Waals surface area contributed by atoms with Crippen LogP contribution in [0.2, 0.25) is 5.02 Å². The van der Waals surface area contributed by atoms with Crippen molar-refractivity contribution < 1.29 is 4.79 Å². The molecule has 0 aliphatic carbocycles. The van der Waals surface area contributed by atoms with Gasteiger partial charge in [0.2, 0.25) is 5.91 Å². The number of primary amides is 1. The van der Waals surface area contributed by atoms with Crippen LogP contribution in [0.3, 0.4) is 0 Å². The van der Waals surface area contributed by atoms with Crippen molar-refractivity contribution in [1.29, 1.82) is 0 Å². The van der Waals surface area contributed by atoms with Crippen LogP contribution in [-0.4, -0.2) is 10.9 Å². The lowest BCUT2D eigenvalue weighted by molar-refractivity contribution is 0.100. The Balaban J connectivity index is 2.10. The molecule has 0 saturated carbocycles. The second kappa shape index (κ2) is 5.91. The van der Waals surface area contributed by atoms with E-state index < -0.39 is 5.91 Å². The first-order valence-corrected chi connectivity index (χ1v) is 7.39. The Bertz CT molecular complexity index is 611. The maximum absolute atomic E-state index is 11.1. The van der Waals surface area contributed by atoms with Crippen LogP contribution in [0.25, 0.3) is 0 Å². The van der Waals surface area contributed by atoms with Crippen LogP contribution in [0.1, 0.15) is 34.8 Å². The van der Waals surface area contributed by atoms with Gasteiger partial charge in [-0.15, -0.1) is 11.3 Å². The van der Waals surface area contributed by atoms with Crippen LogP contribution < -0.4 is 11.1 Å². The number of thiazole rings is 1. The third-order valence-corrected chi connectivity index (χ3v) is 4.47. The van der Waals surface area contributed by atoms with Crippen LogP contribution in [0.5, 0.6) is 0 Å². The predicted molar refractivity (Wildman–Crippen MR) is 81.9 cm³/mol. The summed E-state index contributed by atoms with van der Waals surface area (Å²) in [5.41, 5.74) is 6.32. The molecule has 1 aromatic carbocycles. The molecule has 0 unspecified atom stereocenters. The fourth-order valence-electron chi connectivity index (χ4n) is 1.77. The Morgan fingerprint density at radius 1 is 1.50 bits per heavy atom. The highest BCUT2D eigenvalue weighted by Gasteiger charge is 2.22. The van der Waals surface area contributed by atoms with E-state index in [1.807, 2.05) is 11.4 Å². The minimum atomic E-state index is -0.477. The molecule has 2 rings (SSSR count). The smallest absolute Gasteiger partial charge is 0.248 e. The van der Waals surface area contributed by atoms with Crippen molar-refractivity contribution in [2.75, 3.05) is 0 Å². The van der Waals surface area contributed by atoms with Crippen molar-refractivity contribution in [3.8, 4) is 0 Å². The van der Waals surface area contributed by atoms with Gasteiger partial charge in [-0.3, -0.25) is 4.79 Å². The molecule has 0 radical (unpaired) electrons. The van der Waals surface area contributed by atoms with Crippen molar-refractivity contribution >= 4 is 28.8 Å². The number of halogens is 1. The van der Waals surface area contributed by atoms with E-state index in [2.05, 4.69) is 24.1 Å². The fraction of sp³-hybridized carbons (Fsp3) is 0.286. The summed E-state index contributed by atoms with van der Waals surface area (Å²) in [5, 5.41) is 6.91. The second-order valence-corrected chi connectivity index (χ2v) is 6.29. The highest BCUT2D eigenvalue weighted by atomic mass is 35.5. The van der Waals surface area contributed by atoms with Crippen LogP contribution >= 0.6 is 22.9 Å². The SMILES string of the molecule is CC(C)(NCc1ccc(C(N)=O)cc1Cl)c1nccs1. The number of nitrogens with one attached hydrogen (secondary N) is 1. The molecule has 3 N–H and O–H groups in total. The minimum Gasteiger partial charge on any atom is -0.366 e. The van der Waals surface area contributed by atoms with Gasteiger partial charge in [0, 0.05) is 28.7 Å². The zero-order chi connectivity index (χ0) is 14.8. The Morgan fingerprint density at radius 2 is 2.25 bits per heavy atom. The largest absolute Gasteiger partial charge is 0.366 e. The van der Waals surface area contributed by atoms with Crippen molar-refractivity contribution in [1.82, 2.24) is 10.3 Å². The average molecular weight is 310 g/mol. The van der Waals surface area contributed by atoms with Gasteiger partial charge in [-0.2, -0.15) is 0 Å². The zero-order valence-electron chi connectivity index (χ0n) is 11.3. The zero-order valence-corrected chi connectivity index (χ0v) is 12.9. The molecule has 0 aliphatic rings. The second-order valence-electron chi connectivity index (χ2n) is 4.99. The van der Waals surface area contributed by atoms with Crippen LogP contribution in [0, 0.1) is 0 Å². The van der Waals surface area contributed by atoms with E-state index >= 15 is 0 Å². The molecule has 4 nitrogen and oxygen atoms in total. The molecule has 106 valence electrons. The van der Waals surface area contributed by atoms with Gasteiger partial charge in [0.25, 0.3) is 0 Å². The lowest BCUT2D eigenvalue weighted by Crippen LogP contribution is -2.35. The molecule has 1 aromatic heterocycles. The Morgan fingerprint density at radius 3 is 2.80 bits per heavy atom. The number of carbonyl (C=O) groups excluding carboxylic acids is 1. The molecule has 0 bridgehead atoms. The Hall–Kier alpha value is -1.43. The van der Waals surface area contributed by atoms with E-state index in [9.17, 15) is 4.79 Å². The van der Waals surface area contributed by atoms with E-state index in [4.69, 9.17) is 17.3 Å². The molecule has 1 amide bonds. The Kier molecular flexibility index (Phi) is 4.42. The van der Waals surface area contributed by atoms with Gasteiger partial charge in [-0.1, -0.05) is 17.7 Å². The monoisotopic (exact) mass is 309 g/mol. The maximum Gasteiger partial charge on any atom is 0.248 e. The van der Waals surface area contributed by atoms with E-state index in [0.29, 0.717) is 17.1 Å². The topological polar surface area (TPSA) is 68.0 Å². The molecule has 0 atom stereocenters. The van der Waals surface area contributed by atoms with Gasteiger partial charge >= 0.3 is 0 Å². The molecule has 2 aromatic rings. The molecule has 0 fully saturated rings. The molecular weight excluding hydrogens is 294 g/mol. The Labute approximate surface area is 127 Å². The lowest BCUT2D eigenvalue weighted by Gasteiger charge is -2.24. The number of rotatable bonds is 5. The quantitative estimate of drug-likeness (QED) is 0.892. The van der Waals surface area contributed by atoms with Crippen LogP contribution in [-0.2, 0) is 12.1 Å². The summed E-state index contributed by atoms with van der Waals surface area (Å²) < 4.78 is 0. The molecule has 0 aliphatic heterocycles. The first kappa shape index (κ1) is 15.0. The van der Waals surface area contributed by atoms with Gasteiger partial charge in [0.05, 0.1) is 5.54 Å². The number of hydrogen-bond donors (Lipinski definition) is 2.